The molecule has 1 heterocycles. The molecule has 7 heteroatoms. The molecule has 1 atom stereocenters. The molecule has 0 spiro atoms. The van der Waals surface area contributed by atoms with E-state index in [9.17, 15) is 13.2 Å². The first kappa shape index (κ1) is 16.1. The molecule has 0 unspecified atom stereocenters. The molecule has 0 bridgehead atoms. The summed E-state index contributed by atoms with van der Waals surface area (Å²) >= 11 is 6.14. The van der Waals surface area contributed by atoms with Crippen LogP contribution in [0.4, 0.5) is 0 Å². The van der Waals surface area contributed by atoms with Crippen molar-refractivity contribution in [2.24, 2.45) is 0 Å². The van der Waals surface area contributed by atoms with E-state index in [0.29, 0.717) is 17.2 Å². The largest absolute Gasteiger partial charge is 0.483 e. The van der Waals surface area contributed by atoms with Gasteiger partial charge in [-0.15, -0.1) is 0 Å². The van der Waals surface area contributed by atoms with E-state index in [0.717, 1.165) is 10.8 Å². The van der Waals surface area contributed by atoms with Gasteiger partial charge in [0.2, 0.25) is 0 Å². The number of amides is 1. The lowest BCUT2D eigenvalue weighted by Crippen LogP contribution is -2.38. The maximum absolute atomic E-state index is 11.9. The van der Waals surface area contributed by atoms with Crippen LogP contribution in [-0.4, -0.2) is 38.5 Å². The van der Waals surface area contributed by atoms with Gasteiger partial charge in [0.1, 0.15) is 5.75 Å². The summed E-state index contributed by atoms with van der Waals surface area (Å²) < 4.78 is 28.3. The van der Waals surface area contributed by atoms with Gasteiger partial charge in [-0.1, -0.05) is 35.9 Å². The first-order valence-electron chi connectivity index (χ1n) is 7.24. The van der Waals surface area contributed by atoms with Crippen molar-refractivity contribution in [2.45, 2.75) is 12.5 Å². The van der Waals surface area contributed by atoms with Gasteiger partial charge in [0.25, 0.3) is 5.91 Å². The second-order valence-corrected chi connectivity index (χ2v) is 8.18. The third-order valence-corrected chi connectivity index (χ3v) is 5.88. The average molecular weight is 354 g/mol. The zero-order valence-corrected chi connectivity index (χ0v) is 13.9. The highest BCUT2D eigenvalue weighted by atomic mass is 35.5. The van der Waals surface area contributed by atoms with Crippen molar-refractivity contribution in [3.63, 3.8) is 0 Å². The van der Waals surface area contributed by atoms with Crippen LogP contribution in [0.1, 0.15) is 6.42 Å². The third kappa shape index (κ3) is 3.76. The predicted molar refractivity (Wildman–Crippen MR) is 89.7 cm³/mol. The maximum atomic E-state index is 11.9. The molecule has 0 aliphatic carbocycles. The van der Waals surface area contributed by atoms with E-state index in [4.69, 9.17) is 16.3 Å². The van der Waals surface area contributed by atoms with Gasteiger partial charge in [0, 0.05) is 21.8 Å². The average Bonchev–Trinajstić information content (AvgIpc) is 2.86. The molecule has 122 valence electrons. The second kappa shape index (κ2) is 6.37. The van der Waals surface area contributed by atoms with E-state index in [1.165, 1.54) is 0 Å². The Balaban J connectivity index is 1.65. The van der Waals surface area contributed by atoms with Gasteiger partial charge < -0.3 is 10.1 Å². The Morgan fingerprint density at radius 2 is 1.96 bits per heavy atom. The highest BCUT2D eigenvalue weighted by molar-refractivity contribution is 7.91. The number of hydrogen-bond donors (Lipinski definition) is 1. The number of nitrogens with one attached hydrogen (secondary N) is 1. The van der Waals surface area contributed by atoms with Gasteiger partial charge >= 0.3 is 0 Å². The number of rotatable bonds is 4. The Morgan fingerprint density at radius 1 is 1.22 bits per heavy atom. The monoisotopic (exact) mass is 353 g/mol. The lowest BCUT2D eigenvalue weighted by molar-refractivity contribution is -0.123. The summed E-state index contributed by atoms with van der Waals surface area (Å²) in [4.78, 5) is 11.9. The molecule has 1 amide bonds. The zero-order chi connectivity index (χ0) is 16.4. The van der Waals surface area contributed by atoms with E-state index in [1.807, 2.05) is 24.3 Å². The Morgan fingerprint density at radius 3 is 2.65 bits per heavy atom. The Hall–Kier alpha value is -1.79. The van der Waals surface area contributed by atoms with Crippen molar-refractivity contribution in [2.75, 3.05) is 18.1 Å². The van der Waals surface area contributed by atoms with E-state index in [1.54, 1.807) is 12.1 Å². The fourth-order valence-electron chi connectivity index (χ4n) is 2.68. The minimum Gasteiger partial charge on any atom is -0.483 e. The number of fused-ring (bicyclic) bond motifs is 1. The smallest absolute Gasteiger partial charge is 0.258 e. The van der Waals surface area contributed by atoms with Crippen LogP contribution < -0.4 is 10.1 Å². The highest BCUT2D eigenvalue weighted by Crippen LogP contribution is 2.31. The lowest BCUT2D eigenvalue weighted by atomic mass is 10.1. The van der Waals surface area contributed by atoms with Crippen LogP contribution >= 0.6 is 11.6 Å². The molecule has 2 aromatic rings. The molecule has 1 N–H and O–H groups in total. The summed E-state index contributed by atoms with van der Waals surface area (Å²) in [6.07, 6.45) is 0.456. The van der Waals surface area contributed by atoms with Crippen LogP contribution in [0.25, 0.3) is 10.8 Å². The number of sulfone groups is 1. The molecule has 5 nitrogen and oxygen atoms in total. The summed E-state index contributed by atoms with van der Waals surface area (Å²) in [5.41, 5.74) is 0. The number of halogens is 1. The van der Waals surface area contributed by atoms with E-state index in [-0.39, 0.29) is 30.1 Å². The number of hydrogen-bond acceptors (Lipinski definition) is 4. The van der Waals surface area contributed by atoms with Gasteiger partial charge in [-0.2, -0.15) is 0 Å². The van der Waals surface area contributed by atoms with Crippen LogP contribution in [0.5, 0.6) is 5.75 Å². The summed E-state index contributed by atoms with van der Waals surface area (Å²) in [6.45, 7) is -0.165. The van der Waals surface area contributed by atoms with Crippen molar-refractivity contribution in [3.05, 3.63) is 41.4 Å². The van der Waals surface area contributed by atoms with Crippen molar-refractivity contribution in [3.8, 4) is 5.75 Å². The molecule has 1 fully saturated rings. The summed E-state index contributed by atoms with van der Waals surface area (Å²) in [6, 6.07) is 10.6. The van der Waals surface area contributed by atoms with E-state index >= 15 is 0 Å². The molecule has 2 aromatic carbocycles. The topological polar surface area (TPSA) is 72.5 Å². The van der Waals surface area contributed by atoms with Crippen molar-refractivity contribution in [1.29, 1.82) is 0 Å². The van der Waals surface area contributed by atoms with E-state index in [2.05, 4.69) is 5.32 Å². The van der Waals surface area contributed by atoms with Gasteiger partial charge in [-0.3, -0.25) is 4.79 Å². The summed E-state index contributed by atoms with van der Waals surface area (Å²) in [5, 5.41) is 5.00. The predicted octanol–water partition coefficient (Wildman–Crippen LogP) is 2.18. The van der Waals surface area contributed by atoms with Crippen molar-refractivity contribution in [1.82, 2.24) is 5.32 Å². The quantitative estimate of drug-likeness (QED) is 0.914. The molecule has 3 rings (SSSR count). The molecule has 23 heavy (non-hydrogen) atoms. The molecule has 1 aliphatic heterocycles. The molecular formula is C16H16ClNO4S. The summed E-state index contributed by atoms with van der Waals surface area (Å²) in [7, 11) is -3.01. The van der Waals surface area contributed by atoms with Gasteiger partial charge in [-0.25, -0.2) is 8.42 Å². The molecule has 0 radical (unpaired) electrons. The van der Waals surface area contributed by atoms with Gasteiger partial charge in [0.05, 0.1) is 11.5 Å². The first-order chi connectivity index (χ1) is 10.9. The lowest BCUT2D eigenvalue weighted by Gasteiger charge is -2.13. The standard InChI is InChI=1S/C16H16ClNO4S/c17-14-5-6-15(13-4-2-1-3-12(13)14)22-9-16(19)18-11-7-8-23(20,21)10-11/h1-6,11H,7-10H2,(H,18,19)/t11-/m0/s1. The Kier molecular flexibility index (Phi) is 4.46. The van der Waals surface area contributed by atoms with Gasteiger partial charge in [-0.05, 0) is 18.6 Å². The van der Waals surface area contributed by atoms with Crippen LogP contribution in [0.3, 0.4) is 0 Å². The maximum Gasteiger partial charge on any atom is 0.258 e. The van der Waals surface area contributed by atoms with E-state index < -0.39 is 9.84 Å². The second-order valence-electron chi connectivity index (χ2n) is 5.55. The minimum atomic E-state index is -3.01. The Labute approximate surface area is 139 Å². The normalized spacial score (nSPS) is 19.6. The third-order valence-electron chi connectivity index (χ3n) is 3.79. The fraction of sp³-hybridized carbons (Fsp3) is 0.312. The van der Waals surface area contributed by atoms with Gasteiger partial charge in [0.15, 0.2) is 16.4 Å². The summed E-state index contributed by atoms with van der Waals surface area (Å²) in [5.74, 6) is 0.369. The van der Waals surface area contributed by atoms with Crippen LogP contribution in [0.2, 0.25) is 5.02 Å². The SMILES string of the molecule is O=C(COc1ccc(Cl)c2ccccc12)N[C@H]1CCS(=O)(=O)C1. The number of carbonyl (C=O) groups excluding carboxylic acids is 1. The molecule has 0 aromatic heterocycles. The number of carbonyl (C=O) groups is 1. The zero-order valence-electron chi connectivity index (χ0n) is 12.3. The molecule has 0 saturated carbocycles. The molecule has 1 saturated heterocycles. The number of ether oxygens (including phenoxy) is 1. The van der Waals surface area contributed by atoms with Crippen LogP contribution in [-0.2, 0) is 14.6 Å². The first-order valence-corrected chi connectivity index (χ1v) is 9.44. The minimum absolute atomic E-state index is 0.00259. The highest BCUT2D eigenvalue weighted by Gasteiger charge is 2.28. The molecule has 1 aliphatic rings. The number of benzene rings is 2. The van der Waals surface area contributed by atoms with Crippen molar-refractivity contribution < 1.29 is 17.9 Å². The van der Waals surface area contributed by atoms with Crippen LogP contribution in [0, 0.1) is 0 Å². The fourth-order valence-corrected chi connectivity index (χ4v) is 4.58. The van der Waals surface area contributed by atoms with Crippen molar-refractivity contribution >= 4 is 38.1 Å². The molecular weight excluding hydrogens is 338 g/mol. The van der Waals surface area contributed by atoms with Crippen LogP contribution in [0.15, 0.2) is 36.4 Å². The Bertz CT molecular complexity index is 850.